The predicted octanol–water partition coefficient (Wildman–Crippen LogP) is 4.35. The van der Waals surface area contributed by atoms with Crippen LogP contribution in [-0.4, -0.2) is 65.0 Å². The number of methoxy groups -OCH3 is 1. The van der Waals surface area contributed by atoms with Crippen LogP contribution in [0.2, 0.25) is 5.02 Å². The minimum absolute atomic E-state index is 0.0596. The van der Waals surface area contributed by atoms with Crippen molar-refractivity contribution in [3.8, 4) is 28.7 Å². The number of nitrogens with zero attached hydrogens (tertiary/aromatic N) is 4. The Morgan fingerprint density at radius 2 is 1.80 bits per heavy atom. The molecule has 1 aliphatic rings. The van der Waals surface area contributed by atoms with E-state index < -0.39 is 12.0 Å². The van der Waals surface area contributed by atoms with E-state index >= 15 is 0 Å². The van der Waals surface area contributed by atoms with Crippen molar-refractivity contribution in [2.45, 2.75) is 46.1 Å². The molecule has 13 heteroatoms. The van der Waals surface area contributed by atoms with Gasteiger partial charge in [-0.2, -0.15) is 0 Å². The summed E-state index contributed by atoms with van der Waals surface area (Å²) in [4.78, 5) is 43.9. The summed E-state index contributed by atoms with van der Waals surface area (Å²) in [5, 5.41) is 16.1. The number of thiophene rings is 1. The molecule has 1 atom stereocenters. The lowest BCUT2D eigenvalue weighted by Crippen LogP contribution is -2.28. The second-order valence-electron chi connectivity index (χ2n) is 11.4. The molecule has 2 amide bonds. The Morgan fingerprint density at radius 3 is 2.54 bits per heavy atom. The number of amides is 2. The third-order valence-electron chi connectivity index (χ3n) is 8.00. The summed E-state index contributed by atoms with van der Waals surface area (Å²) in [6.07, 6.45) is 0.714. The van der Waals surface area contributed by atoms with Crippen LogP contribution in [0.4, 0.5) is 0 Å². The first-order valence-electron chi connectivity index (χ1n) is 15.9. The Bertz CT molecular complexity index is 2100. The third kappa shape index (κ3) is 8.29. The highest BCUT2D eigenvalue weighted by atomic mass is 35.5. The third-order valence-corrected chi connectivity index (χ3v) is 9.44. The van der Waals surface area contributed by atoms with Gasteiger partial charge in [0, 0.05) is 45.1 Å². The number of hydrogen-bond acceptors (Lipinski definition) is 9. The van der Waals surface area contributed by atoms with Gasteiger partial charge in [0.2, 0.25) is 11.8 Å². The van der Waals surface area contributed by atoms with Gasteiger partial charge in [0.05, 0.1) is 37.9 Å². The summed E-state index contributed by atoms with van der Waals surface area (Å²) >= 11 is 7.85. The van der Waals surface area contributed by atoms with Crippen LogP contribution in [0.5, 0.6) is 0 Å². The van der Waals surface area contributed by atoms with Crippen LogP contribution in [0, 0.1) is 44.5 Å². The van der Waals surface area contributed by atoms with Crippen LogP contribution >= 0.6 is 22.9 Å². The lowest BCUT2D eigenvalue weighted by Gasteiger charge is -2.13. The number of carbonyl (C=O) groups excluding carboxylic acids is 3. The lowest BCUT2D eigenvalue weighted by molar-refractivity contribution is -0.123. The molecule has 3 heterocycles. The van der Waals surface area contributed by atoms with Gasteiger partial charge in [-0.3, -0.25) is 19.1 Å². The molecule has 5 rings (SSSR count). The molecule has 4 N–H and O–H groups in total. The summed E-state index contributed by atoms with van der Waals surface area (Å²) < 4.78 is 6.81. The molecule has 0 radical (unpaired) electrons. The van der Waals surface area contributed by atoms with Gasteiger partial charge in [0.15, 0.2) is 5.82 Å². The molecule has 0 unspecified atom stereocenters. The van der Waals surface area contributed by atoms with Gasteiger partial charge in [-0.05, 0) is 63.1 Å². The van der Waals surface area contributed by atoms with Crippen molar-refractivity contribution in [2.75, 3.05) is 26.7 Å². The number of nitrogens with two attached hydrogens (primary N) is 1. The summed E-state index contributed by atoms with van der Waals surface area (Å²) in [6.45, 7) is 6.64. The molecule has 0 spiro atoms. The molecule has 2 aromatic carbocycles. The van der Waals surface area contributed by atoms with Gasteiger partial charge in [-0.15, -0.1) is 21.5 Å². The number of aromatic nitrogens is 3. The molecule has 256 valence electrons. The SMILES string of the molecule is COC(=O)c1ccc(C#CCNC(=O)CCCNC(=O)C[C@@H]2N=C(c3ccc(Cl)cc3)c3c(sc(C)c3C)-n3c(C)nnc32)cc1C#CCN. The smallest absolute Gasteiger partial charge is 0.339 e. The molecule has 0 saturated heterocycles. The molecular weight excluding hydrogens is 674 g/mol. The molecule has 2 aromatic heterocycles. The van der Waals surface area contributed by atoms with E-state index in [1.165, 1.54) is 7.11 Å². The van der Waals surface area contributed by atoms with Crippen LogP contribution in [-0.2, 0) is 14.3 Å². The van der Waals surface area contributed by atoms with Gasteiger partial charge < -0.3 is 21.1 Å². The van der Waals surface area contributed by atoms with E-state index in [0.29, 0.717) is 46.3 Å². The maximum Gasteiger partial charge on any atom is 0.339 e. The van der Waals surface area contributed by atoms with Crippen LogP contribution in [0.25, 0.3) is 5.00 Å². The minimum Gasteiger partial charge on any atom is -0.465 e. The molecule has 50 heavy (non-hydrogen) atoms. The van der Waals surface area contributed by atoms with Gasteiger partial charge in [-0.25, -0.2) is 4.79 Å². The number of rotatable bonds is 9. The van der Waals surface area contributed by atoms with Gasteiger partial charge in [-0.1, -0.05) is 47.4 Å². The van der Waals surface area contributed by atoms with Gasteiger partial charge in [0.25, 0.3) is 0 Å². The fraction of sp³-hybridized carbons (Fsp3) is 0.297. The summed E-state index contributed by atoms with van der Waals surface area (Å²) in [5.41, 5.74) is 10.7. The average Bonchev–Trinajstić information content (AvgIpc) is 3.59. The summed E-state index contributed by atoms with van der Waals surface area (Å²) in [5.74, 6) is 11.9. The van der Waals surface area contributed by atoms with E-state index in [0.717, 1.165) is 32.3 Å². The number of ether oxygens (including phenoxy) is 1. The van der Waals surface area contributed by atoms with E-state index in [4.69, 9.17) is 27.1 Å². The number of aliphatic imine (C=N–C) groups is 1. The first-order valence-corrected chi connectivity index (χ1v) is 17.1. The Balaban J connectivity index is 1.17. The van der Waals surface area contributed by atoms with Crippen molar-refractivity contribution in [1.29, 1.82) is 0 Å². The molecule has 11 nitrogen and oxygen atoms in total. The zero-order chi connectivity index (χ0) is 35.8. The monoisotopic (exact) mass is 709 g/mol. The van der Waals surface area contributed by atoms with Crippen molar-refractivity contribution in [3.63, 3.8) is 0 Å². The van der Waals surface area contributed by atoms with Crippen molar-refractivity contribution in [3.05, 3.63) is 97.4 Å². The highest BCUT2D eigenvalue weighted by molar-refractivity contribution is 7.15. The Labute approximate surface area is 299 Å². The Morgan fingerprint density at radius 1 is 1.02 bits per heavy atom. The summed E-state index contributed by atoms with van der Waals surface area (Å²) in [7, 11) is 1.30. The van der Waals surface area contributed by atoms with Crippen molar-refractivity contribution >= 4 is 46.4 Å². The van der Waals surface area contributed by atoms with Crippen molar-refractivity contribution in [2.24, 2.45) is 10.7 Å². The van der Waals surface area contributed by atoms with E-state index in [2.05, 4.69) is 58.4 Å². The van der Waals surface area contributed by atoms with E-state index in [1.54, 1.807) is 29.5 Å². The minimum atomic E-state index is -0.580. The van der Waals surface area contributed by atoms with E-state index in [9.17, 15) is 14.4 Å². The maximum atomic E-state index is 13.2. The zero-order valence-electron chi connectivity index (χ0n) is 28.1. The number of esters is 1. The fourth-order valence-electron chi connectivity index (χ4n) is 5.39. The topological polar surface area (TPSA) is 154 Å². The number of carbonyl (C=O) groups is 3. The predicted molar refractivity (Wildman–Crippen MR) is 194 cm³/mol. The largest absolute Gasteiger partial charge is 0.465 e. The van der Waals surface area contributed by atoms with Crippen LogP contribution in [0.1, 0.15) is 80.0 Å². The van der Waals surface area contributed by atoms with Crippen molar-refractivity contribution < 1.29 is 19.1 Å². The number of nitrogens with one attached hydrogen (secondary N) is 2. The van der Waals surface area contributed by atoms with Crippen molar-refractivity contribution in [1.82, 2.24) is 25.4 Å². The fourth-order valence-corrected chi connectivity index (χ4v) is 6.73. The molecule has 0 fully saturated rings. The molecular formula is C37H36ClN7O4S. The van der Waals surface area contributed by atoms with Crippen LogP contribution < -0.4 is 16.4 Å². The highest BCUT2D eigenvalue weighted by Crippen LogP contribution is 2.39. The Hall–Kier alpha value is -5.27. The van der Waals surface area contributed by atoms with Crippen LogP contribution in [0.15, 0.2) is 47.5 Å². The van der Waals surface area contributed by atoms with Gasteiger partial charge >= 0.3 is 5.97 Å². The maximum absolute atomic E-state index is 13.2. The number of hydrogen-bond donors (Lipinski definition) is 3. The standard InChI is InChI=1S/C37H36ClN7O4S/c1-22-23(2)50-36-33(22)34(26-12-14-28(38)15-13-26)42-30(35-44-43-24(3)45(35)36)21-32(47)41-19-7-10-31(46)40-18-6-8-25-11-16-29(37(48)49-4)27(20-25)9-5-17-39/h11-16,20,30H,7,10,17-19,21,39H2,1-4H3,(H,40,46)(H,41,47)/t30-/m0/s1. The second-order valence-corrected chi connectivity index (χ2v) is 13.0. The molecule has 1 aliphatic heterocycles. The molecule has 0 saturated carbocycles. The van der Waals surface area contributed by atoms with E-state index in [1.807, 2.05) is 35.8 Å². The molecule has 0 bridgehead atoms. The second kappa shape index (κ2) is 16.4. The number of halogens is 1. The molecule has 0 aliphatic carbocycles. The number of fused-ring (bicyclic) bond motifs is 3. The van der Waals surface area contributed by atoms with E-state index in [-0.39, 0.29) is 37.7 Å². The normalized spacial score (nSPS) is 12.9. The lowest BCUT2D eigenvalue weighted by atomic mass is 9.99. The highest BCUT2D eigenvalue weighted by Gasteiger charge is 2.32. The number of benzene rings is 2. The Kier molecular flexibility index (Phi) is 11.8. The number of aryl methyl sites for hydroxylation is 2. The van der Waals surface area contributed by atoms with Crippen LogP contribution in [0.3, 0.4) is 0 Å². The zero-order valence-corrected chi connectivity index (χ0v) is 29.7. The average molecular weight is 710 g/mol. The quantitative estimate of drug-likeness (QED) is 0.133. The summed E-state index contributed by atoms with van der Waals surface area (Å²) in [6, 6.07) is 11.9. The van der Waals surface area contributed by atoms with Gasteiger partial charge in [0.1, 0.15) is 16.9 Å². The first kappa shape index (κ1) is 36.0. The first-order chi connectivity index (χ1) is 24.1. The molecule has 4 aromatic rings.